The Balaban J connectivity index is 2.36. The van der Waals surface area contributed by atoms with Crippen LogP contribution in [0.1, 0.15) is 28.2 Å². The highest BCUT2D eigenvalue weighted by Crippen LogP contribution is 2.30. The first-order chi connectivity index (χ1) is 9.93. The van der Waals surface area contributed by atoms with Crippen LogP contribution in [-0.2, 0) is 0 Å². The molecule has 0 spiro atoms. The largest absolute Gasteiger partial charge is 0.393 e. The minimum atomic E-state index is -0.619. The SMILES string of the molecule is CC(c1cccs1)N(C)C(=O)c1cccc(N)c1[N+](=O)[O-]. The van der Waals surface area contributed by atoms with Gasteiger partial charge in [-0.15, -0.1) is 11.3 Å². The molecular formula is C14H15N3O3S. The van der Waals surface area contributed by atoms with E-state index in [1.54, 1.807) is 13.1 Å². The van der Waals surface area contributed by atoms with Gasteiger partial charge in [-0.25, -0.2) is 0 Å². The van der Waals surface area contributed by atoms with E-state index >= 15 is 0 Å². The summed E-state index contributed by atoms with van der Waals surface area (Å²) in [5, 5.41) is 13.0. The number of anilines is 1. The van der Waals surface area contributed by atoms with Crippen LogP contribution in [0, 0.1) is 10.1 Å². The van der Waals surface area contributed by atoms with E-state index in [9.17, 15) is 14.9 Å². The minimum absolute atomic E-state index is 0.00547. The van der Waals surface area contributed by atoms with Crippen LogP contribution in [0.3, 0.4) is 0 Å². The monoisotopic (exact) mass is 305 g/mol. The van der Waals surface area contributed by atoms with Crippen molar-refractivity contribution in [2.75, 3.05) is 12.8 Å². The molecule has 0 saturated carbocycles. The van der Waals surface area contributed by atoms with E-state index in [1.807, 2.05) is 24.4 Å². The van der Waals surface area contributed by atoms with Crippen molar-refractivity contribution in [3.05, 3.63) is 56.3 Å². The second kappa shape index (κ2) is 5.92. The lowest BCUT2D eigenvalue weighted by molar-refractivity contribution is -0.384. The van der Waals surface area contributed by atoms with Gasteiger partial charge in [-0.05, 0) is 30.5 Å². The lowest BCUT2D eigenvalue weighted by atomic mass is 10.1. The van der Waals surface area contributed by atoms with Gasteiger partial charge in [0.2, 0.25) is 0 Å². The van der Waals surface area contributed by atoms with E-state index in [-0.39, 0.29) is 23.0 Å². The number of hydrogen-bond acceptors (Lipinski definition) is 5. The van der Waals surface area contributed by atoms with Gasteiger partial charge in [0.1, 0.15) is 11.3 Å². The van der Waals surface area contributed by atoms with Gasteiger partial charge in [0.05, 0.1) is 11.0 Å². The molecule has 1 amide bonds. The zero-order valence-corrected chi connectivity index (χ0v) is 12.5. The molecular weight excluding hydrogens is 290 g/mol. The summed E-state index contributed by atoms with van der Waals surface area (Å²) in [6.07, 6.45) is 0. The fourth-order valence-corrected chi connectivity index (χ4v) is 2.85. The van der Waals surface area contributed by atoms with Crippen LogP contribution >= 0.6 is 11.3 Å². The van der Waals surface area contributed by atoms with Gasteiger partial charge in [-0.2, -0.15) is 0 Å². The van der Waals surface area contributed by atoms with Crippen molar-refractivity contribution < 1.29 is 9.72 Å². The van der Waals surface area contributed by atoms with Crippen molar-refractivity contribution in [1.29, 1.82) is 0 Å². The van der Waals surface area contributed by atoms with Crippen molar-refractivity contribution in [3.8, 4) is 0 Å². The van der Waals surface area contributed by atoms with Crippen LogP contribution in [0.25, 0.3) is 0 Å². The molecule has 1 aromatic carbocycles. The Labute approximate surface area is 126 Å². The molecule has 0 fully saturated rings. The predicted molar refractivity (Wildman–Crippen MR) is 82.3 cm³/mol. The standard InChI is InChI=1S/C14H15N3O3S/c1-9(12-7-4-8-21-12)16(2)14(18)10-5-3-6-11(15)13(10)17(19)20/h3-9H,15H2,1-2H3. The number of nitrogens with two attached hydrogens (primary N) is 1. The summed E-state index contributed by atoms with van der Waals surface area (Å²) in [6.45, 7) is 1.88. The van der Waals surface area contributed by atoms with E-state index in [1.165, 1.54) is 28.4 Å². The fraction of sp³-hybridized carbons (Fsp3) is 0.214. The van der Waals surface area contributed by atoms with Crippen LogP contribution in [0.4, 0.5) is 11.4 Å². The average molecular weight is 305 g/mol. The minimum Gasteiger partial charge on any atom is -0.393 e. The Morgan fingerprint density at radius 3 is 2.67 bits per heavy atom. The van der Waals surface area contributed by atoms with Crippen molar-refractivity contribution >= 4 is 28.6 Å². The number of thiophene rings is 1. The smallest absolute Gasteiger partial charge is 0.304 e. The number of nitro groups is 1. The van der Waals surface area contributed by atoms with Gasteiger partial charge in [0.15, 0.2) is 0 Å². The van der Waals surface area contributed by atoms with Gasteiger partial charge in [-0.3, -0.25) is 14.9 Å². The van der Waals surface area contributed by atoms with Gasteiger partial charge in [0.25, 0.3) is 5.91 Å². The molecule has 21 heavy (non-hydrogen) atoms. The summed E-state index contributed by atoms with van der Waals surface area (Å²) in [6, 6.07) is 8.04. The molecule has 0 aliphatic rings. The molecule has 6 nitrogen and oxygen atoms in total. The lowest BCUT2D eigenvalue weighted by Crippen LogP contribution is -2.29. The highest BCUT2D eigenvalue weighted by Gasteiger charge is 2.28. The quantitative estimate of drug-likeness (QED) is 0.534. The molecule has 1 heterocycles. The number of hydrogen-bond donors (Lipinski definition) is 1. The van der Waals surface area contributed by atoms with Crippen molar-refractivity contribution in [2.45, 2.75) is 13.0 Å². The first-order valence-corrected chi connectivity index (χ1v) is 7.15. The second-order valence-electron chi connectivity index (χ2n) is 4.61. The van der Waals surface area contributed by atoms with Crippen LogP contribution in [0.2, 0.25) is 0 Å². The third-order valence-electron chi connectivity index (χ3n) is 3.34. The number of carbonyl (C=O) groups is 1. The number of nitrogen functional groups attached to an aromatic ring is 1. The summed E-state index contributed by atoms with van der Waals surface area (Å²) < 4.78 is 0. The first kappa shape index (κ1) is 15.0. The molecule has 2 rings (SSSR count). The van der Waals surface area contributed by atoms with Gasteiger partial charge < -0.3 is 10.6 Å². The highest BCUT2D eigenvalue weighted by atomic mass is 32.1. The zero-order chi connectivity index (χ0) is 15.6. The molecule has 2 N–H and O–H groups in total. The maximum absolute atomic E-state index is 12.5. The van der Waals surface area contributed by atoms with E-state index in [4.69, 9.17) is 5.73 Å². The third kappa shape index (κ3) is 2.87. The van der Waals surface area contributed by atoms with Crippen LogP contribution in [-0.4, -0.2) is 22.8 Å². The fourth-order valence-electron chi connectivity index (χ4n) is 2.02. The van der Waals surface area contributed by atoms with Gasteiger partial charge in [0, 0.05) is 11.9 Å². The van der Waals surface area contributed by atoms with Crippen molar-refractivity contribution in [1.82, 2.24) is 4.90 Å². The van der Waals surface area contributed by atoms with E-state index in [0.717, 1.165) is 4.88 Å². The second-order valence-corrected chi connectivity index (χ2v) is 5.59. The maximum atomic E-state index is 12.5. The third-order valence-corrected chi connectivity index (χ3v) is 4.38. The summed E-state index contributed by atoms with van der Waals surface area (Å²) in [5.41, 5.74) is 5.27. The van der Waals surface area contributed by atoms with Crippen LogP contribution in [0.15, 0.2) is 35.7 Å². The van der Waals surface area contributed by atoms with Gasteiger partial charge in [-0.1, -0.05) is 12.1 Å². The topological polar surface area (TPSA) is 89.5 Å². The number of nitro benzene ring substituents is 1. The predicted octanol–water partition coefficient (Wildman–Crippen LogP) is 3.07. The van der Waals surface area contributed by atoms with Crippen LogP contribution < -0.4 is 5.73 Å². The molecule has 110 valence electrons. The van der Waals surface area contributed by atoms with E-state index in [2.05, 4.69) is 0 Å². The number of benzene rings is 1. The average Bonchev–Trinajstić information content (AvgIpc) is 2.98. The van der Waals surface area contributed by atoms with Crippen molar-refractivity contribution in [3.63, 3.8) is 0 Å². The Morgan fingerprint density at radius 1 is 1.38 bits per heavy atom. The number of rotatable bonds is 4. The number of amides is 1. The summed E-state index contributed by atoms with van der Waals surface area (Å²) in [4.78, 5) is 25.5. The molecule has 1 unspecified atom stereocenters. The van der Waals surface area contributed by atoms with Gasteiger partial charge >= 0.3 is 5.69 Å². The number of carbonyl (C=O) groups excluding carboxylic acids is 1. The highest BCUT2D eigenvalue weighted by molar-refractivity contribution is 7.10. The Bertz CT molecular complexity index is 670. The Morgan fingerprint density at radius 2 is 2.10 bits per heavy atom. The summed E-state index contributed by atoms with van der Waals surface area (Å²) >= 11 is 1.53. The molecule has 2 aromatic rings. The molecule has 1 atom stereocenters. The molecule has 1 aromatic heterocycles. The maximum Gasteiger partial charge on any atom is 0.304 e. The first-order valence-electron chi connectivity index (χ1n) is 6.27. The zero-order valence-electron chi connectivity index (χ0n) is 11.6. The molecule has 0 bridgehead atoms. The molecule has 0 radical (unpaired) electrons. The van der Waals surface area contributed by atoms with E-state index < -0.39 is 10.8 Å². The summed E-state index contributed by atoms with van der Waals surface area (Å²) in [7, 11) is 1.62. The molecule has 0 aliphatic carbocycles. The van der Waals surface area contributed by atoms with Crippen molar-refractivity contribution in [2.24, 2.45) is 0 Å². The number of nitrogens with zero attached hydrogens (tertiary/aromatic N) is 2. The van der Waals surface area contributed by atoms with E-state index in [0.29, 0.717) is 0 Å². The number of para-hydroxylation sites is 1. The summed E-state index contributed by atoms with van der Waals surface area (Å²) in [5.74, 6) is -0.421. The normalized spacial score (nSPS) is 11.9. The Kier molecular flexibility index (Phi) is 4.23. The lowest BCUT2D eigenvalue weighted by Gasteiger charge is -2.24. The molecule has 7 heteroatoms. The Hall–Kier alpha value is -2.41. The van der Waals surface area contributed by atoms with Crippen LogP contribution in [0.5, 0.6) is 0 Å². The molecule has 0 saturated heterocycles. The molecule has 0 aliphatic heterocycles.